The maximum Gasteiger partial charge on any atom is 0.0861 e. The molecule has 4 aromatic carbocycles. The van der Waals surface area contributed by atoms with Gasteiger partial charge in [0.25, 0.3) is 0 Å². The number of pyridine rings is 4. The van der Waals surface area contributed by atoms with Crippen LogP contribution in [0.5, 0.6) is 0 Å². The second kappa shape index (κ2) is 53.5. The van der Waals surface area contributed by atoms with Crippen molar-refractivity contribution in [2.45, 2.75) is 401 Å². The zero-order valence-electron chi connectivity index (χ0n) is 77.1. The molecule has 12 rings (SSSR count). The van der Waals surface area contributed by atoms with Gasteiger partial charge in [-0.05, 0) is 219 Å². The topological polar surface area (TPSA) is 70.0 Å². The number of ether oxygens (including phenoxy) is 2. The van der Waals surface area contributed by atoms with Gasteiger partial charge in [-0.15, -0.1) is 0 Å². The maximum atomic E-state index is 7.79. The molecule has 652 valence electrons. The summed E-state index contributed by atoms with van der Waals surface area (Å²) in [7, 11) is 0. The lowest BCUT2D eigenvalue weighted by Gasteiger charge is -2.40. The van der Waals surface area contributed by atoms with Gasteiger partial charge in [0.1, 0.15) is 0 Å². The number of aryl methyl sites for hydroxylation is 4. The van der Waals surface area contributed by atoms with Crippen LogP contribution in [0.15, 0.2) is 170 Å². The van der Waals surface area contributed by atoms with Crippen molar-refractivity contribution in [3.8, 4) is 45.0 Å². The van der Waals surface area contributed by atoms with E-state index in [-0.39, 0.29) is 24.4 Å². The van der Waals surface area contributed by atoms with Gasteiger partial charge < -0.3 is 9.47 Å². The van der Waals surface area contributed by atoms with E-state index in [1.807, 2.05) is 0 Å². The molecule has 4 aromatic heterocycles. The second-order valence-electron chi connectivity index (χ2n) is 38.3. The van der Waals surface area contributed by atoms with Gasteiger partial charge in [-0.2, -0.15) is 0 Å². The molecule has 4 fully saturated rings. The van der Waals surface area contributed by atoms with E-state index in [0.717, 1.165) is 72.1 Å². The van der Waals surface area contributed by atoms with Crippen molar-refractivity contribution in [1.29, 1.82) is 0 Å². The summed E-state index contributed by atoms with van der Waals surface area (Å²) >= 11 is 0. The molecule has 0 aliphatic heterocycles. The lowest BCUT2D eigenvalue weighted by molar-refractivity contribution is -0.0908. The monoisotopic (exact) mass is 1620 g/mol. The molecule has 4 aliphatic rings. The van der Waals surface area contributed by atoms with Crippen molar-refractivity contribution < 1.29 is 9.47 Å². The first kappa shape index (κ1) is 94.1. The highest BCUT2D eigenvalue weighted by Crippen LogP contribution is 2.51. The summed E-state index contributed by atoms with van der Waals surface area (Å²) < 4.78 is 15.6. The van der Waals surface area contributed by atoms with Crippen molar-refractivity contribution in [3.05, 3.63) is 215 Å². The van der Waals surface area contributed by atoms with Gasteiger partial charge in [0.05, 0.1) is 47.2 Å². The summed E-state index contributed by atoms with van der Waals surface area (Å²) in [6.45, 7) is 18.3. The van der Waals surface area contributed by atoms with Crippen LogP contribution in [0.3, 0.4) is 0 Å². The molecule has 0 radical (unpaired) electrons. The zero-order chi connectivity index (χ0) is 83.6. The Balaban J connectivity index is 0.000000235. The number of hydrogen-bond donors (Lipinski definition) is 0. The molecule has 6 nitrogen and oxygen atoms in total. The number of rotatable bonds is 50. The fraction of sp³-hybridized carbons (Fsp3) is 0.614. The molecule has 0 bridgehead atoms. The summed E-state index contributed by atoms with van der Waals surface area (Å²) in [5.41, 5.74) is 19.8. The van der Waals surface area contributed by atoms with Gasteiger partial charge in [0, 0.05) is 47.0 Å². The molecule has 6 heteroatoms. The molecule has 4 heterocycles. The lowest BCUT2D eigenvalue weighted by atomic mass is 9.74. The minimum absolute atomic E-state index is 0.0854. The van der Waals surface area contributed by atoms with Crippen LogP contribution in [-0.2, 0) is 35.2 Å². The van der Waals surface area contributed by atoms with Crippen LogP contribution in [0.4, 0.5) is 0 Å². The van der Waals surface area contributed by atoms with Crippen LogP contribution < -0.4 is 0 Å². The quantitative estimate of drug-likeness (QED) is 0.0354. The van der Waals surface area contributed by atoms with Crippen LogP contribution in [0.1, 0.15) is 420 Å². The average molecular weight is 1620 g/mol. The number of benzene rings is 4. The highest BCUT2D eigenvalue weighted by molar-refractivity contribution is 5.62. The SMILES string of the molecule is CCCCCCC[C@H]1CC[C@H](C(OC(c2ccc(-c3ccc(CCCC)cn3)cc2)[C@H]2CC[C@H](CCCCCCC)CC2)c2ccc(-c3ccc(CCCC)cn3)cc2)CC1.CCCCCC[C@H]1CC[C@H](C(OC(c2ccc(-c3ccc(CCCC)cn3)cc2)[C@H]2CC[C@H](CCCCCC)CC2)c2ccc(-c3ccc(CCCC)cn3)cc2)CC1. The highest BCUT2D eigenvalue weighted by Gasteiger charge is 2.39. The zero-order valence-corrected chi connectivity index (χ0v) is 77.1. The summed E-state index contributed by atoms with van der Waals surface area (Å²) in [6.07, 6.45) is 74.2. The van der Waals surface area contributed by atoms with E-state index in [2.05, 4.69) is 226 Å². The first-order chi connectivity index (χ1) is 59.2. The van der Waals surface area contributed by atoms with E-state index < -0.39 is 0 Å². The minimum Gasteiger partial charge on any atom is -0.365 e. The molecular formula is C114H164N4O2. The largest absolute Gasteiger partial charge is 0.365 e. The molecule has 4 aliphatic carbocycles. The van der Waals surface area contributed by atoms with Gasteiger partial charge in [0.15, 0.2) is 0 Å². The van der Waals surface area contributed by atoms with Crippen molar-refractivity contribution in [2.24, 2.45) is 47.3 Å². The Labute approximate surface area is 732 Å². The van der Waals surface area contributed by atoms with Gasteiger partial charge in [0.2, 0.25) is 0 Å². The van der Waals surface area contributed by atoms with Crippen molar-refractivity contribution >= 4 is 0 Å². The summed E-state index contributed by atoms with van der Waals surface area (Å²) in [5.74, 6) is 5.66. The Bertz CT molecular complexity index is 3690. The second-order valence-corrected chi connectivity index (χ2v) is 38.3. The molecule has 0 saturated heterocycles. The summed E-state index contributed by atoms with van der Waals surface area (Å²) in [4.78, 5) is 19.6. The van der Waals surface area contributed by atoms with Crippen molar-refractivity contribution in [3.63, 3.8) is 0 Å². The van der Waals surface area contributed by atoms with E-state index in [0.29, 0.717) is 23.7 Å². The Morgan fingerprint density at radius 1 is 0.217 bits per heavy atom. The van der Waals surface area contributed by atoms with Crippen molar-refractivity contribution in [1.82, 2.24) is 19.9 Å². The van der Waals surface area contributed by atoms with Gasteiger partial charge in [-0.3, -0.25) is 19.9 Å². The predicted molar refractivity (Wildman–Crippen MR) is 512 cm³/mol. The Morgan fingerprint density at radius 2 is 0.408 bits per heavy atom. The summed E-state index contributed by atoms with van der Waals surface area (Å²) in [5, 5.41) is 0. The number of nitrogens with zero attached hydrogens (tertiary/aromatic N) is 4. The molecule has 120 heavy (non-hydrogen) atoms. The first-order valence-electron chi connectivity index (χ1n) is 50.7. The molecule has 4 atom stereocenters. The summed E-state index contributed by atoms with van der Waals surface area (Å²) in [6, 6.07) is 55.5. The lowest BCUT2D eigenvalue weighted by Crippen LogP contribution is -2.28. The van der Waals surface area contributed by atoms with Gasteiger partial charge in [-0.25, -0.2) is 0 Å². The Morgan fingerprint density at radius 3 is 0.592 bits per heavy atom. The van der Waals surface area contributed by atoms with E-state index in [1.165, 1.54) is 362 Å². The minimum atomic E-state index is 0.0854. The van der Waals surface area contributed by atoms with E-state index in [1.54, 1.807) is 0 Å². The fourth-order valence-corrected chi connectivity index (χ4v) is 20.9. The predicted octanol–water partition coefficient (Wildman–Crippen LogP) is 34.5. The number of hydrogen-bond acceptors (Lipinski definition) is 6. The van der Waals surface area contributed by atoms with Crippen LogP contribution in [-0.4, -0.2) is 19.9 Å². The smallest absolute Gasteiger partial charge is 0.0861 e. The fourth-order valence-electron chi connectivity index (χ4n) is 20.9. The van der Waals surface area contributed by atoms with E-state index >= 15 is 0 Å². The van der Waals surface area contributed by atoms with E-state index in [9.17, 15) is 0 Å². The first-order valence-corrected chi connectivity index (χ1v) is 50.7. The molecule has 0 N–H and O–H groups in total. The molecule has 0 spiro atoms. The highest BCUT2D eigenvalue weighted by atomic mass is 16.5. The number of aromatic nitrogens is 4. The molecule has 0 amide bonds. The number of unbranched alkanes of at least 4 members (excludes halogenated alkanes) is 18. The van der Waals surface area contributed by atoms with E-state index in [4.69, 9.17) is 29.4 Å². The average Bonchev–Trinajstić information content (AvgIpc) is 0.793. The molecular weight excluding hydrogens is 1460 g/mol. The maximum absolute atomic E-state index is 7.79. The molecule has 4 saturated carbocycles. The van der Waals surface area contributed by atoms with Gasteiger partial charge >= 0.3 is 0 Å². The molecule has 4 unspecified atom stereocenters. The van der Waals surface area contributed by atoms with Crippen molar-refractivity contribution in [2.75, 3.05) is 0 Å². The third kappa shape index (κ3) is 30.4. The normalized spacial score (nSPS) is 20.5. The Kier molecular flexibility index (Phi) is 42.0. The van der Waals surface area contributed by atoms with Crippen LogP contribution in [0, 0.1) is 47.3 Å². The van der Waals surface area contributed by atoms with Crippen LogP contribution >= 0.6 is 0 Å². The third-order valence-electron chi connectivity index (χ3n) is 28.9. The molecule has 8 aromatic rings. The van der Waals surface area contributed by atoms with Gasteiger partial charge in [-0.1, -0.05) is 395 Å². The third-order valence-corrected chi connectivity index (χ3v) is 28.9. The Hall–Kier alpha value is -6.60. The van der Waals surface area contributed by atoms with Crippen LogP contribution in [0.25, 0.3) is 45.0 Å². The van der Waals surface area contributed by atoms with Crippen LogP contribution in [0.2, 0.25) is 0 Å². The standard InChI is InChI=1S/C58H84N2O.C56H80N2O/c1-5-9-13-15-17-21-45-23-29-51(30-24-45)57(53-37-33-49(34-38-53)55-41-27-47(43-59-55)19-11-7-3)61-58(52-31-25-46(26-32-52)22-18-16-14-10-6-2)54-39-35-50(36-40-54)56-42-28-48(44-60-56)20-12-8-4;1-5-9-13-15-19-43-21-27-49(28-22-43)55(51-35-31-47(32-36-51)53-39-25-45(41-57-53)17-11-7-3)59-56(50-29-23-44(24-30-50)20-16-14-10-6-2)52-37-33-48(34-38-52)54-40-26-46(42-58-54)18-12-8-4/h27-28,33-46,51-52,57-58H,5-26,29-32H2,1-4H3;25-26,31-44,49-50,55-56H,5-24,27-30H2,1-4H3/t45-,46-,51-,52-,57?,58?;43-,44-,49-,50-,55?,56?.